The van der Waals surface area contributed by atoms with Crippen LogP contribution in [0.15, 0.2) is 0 Å². The highest BCUT2D eigenvalue weighted by Gasteiger charge is 2.19. The summed E-state index contributed by atoms with van der Waals surface area (Å²) in [6.45, 7) is 2.06. The molecule has 2 N–H and O–H groups in total. The fraction of sp³-hybridized carbons (Fsp3) is 0.875. The molecule has 0 bridgehead atoms. The minimum absolute atomic E-state index is 0.0959. The van der Waals surface area contributed by atoms with Gasteiger partial charge in [0.25, 0.3) is 0 Å². The van der Waals surface area contributed by atoms with Gasteiger partial charge in [0.1, 0.15) is 0 Å². The van der Waals surface area contributed by atoms with Gasteiger partial charge in [0, 0.05) is 20.2 Å². The Labute approximate surface area is 77.7 Å². The first-order chi connectivity index (χ1) is 6.24. The van der Waals surface area contributed by atoms with E-state index in [0.717, 1.165) is 13.0 Å². The van der Waals surface area contributed by atoms with E-state index >= 15 is 0 Å². The lowest BCUT2D eigenvalue weighted by molar-refractivity contribution is 0.0428. The third-order valence-electron chi connectivity index (χ3n) is 1.96. The van der Waals surface area contributed by atoms with Gasteiger partial charge < -0.3 is 20.1 Å². The first-order valence-corrected chi connectivity index (χ1v) is 4.44. The van der Waals surface area contributed by atoms with Crippen LogP contribution >= 0.6 is 0 Å². The Hall–Kier alpha value is -0.810. The van der Waals surface area contributed by atoms with Crippen molar-refractivity contribution in [3.8, 4) is 0 Å². The number of amides is 2. The Morgan fingerprint density at radius 1 is 1.77 bits per heavy atom. The molecule has 1 atom stereocenters. The minimum atomic E-state index is -0.589. The van der Waals surface area contributed by atoms with Gasteiger partial charge in [-0.2, -0.15) is 0 Å². The summed E-state index contributed by atoms with van der Waals surface area (Å²) >= 11 is 0. The molecular weight excluding hydrogens is 172 g/mol. The molecule has 5 heteroatoms. The second-order valence-corrected chi connectivity index (χ2v) is 3.14. The van der Waals surface area contributed by atoms with Gasteiger partial charge in [0.2, 0.25) is 0 Å². The van der Waals surface area contributed by atoms with E-state index in [0.29, 0.717) is 13.1 Å². The lowest BCUT2D eigenvalue weighted by atomic mass is 10.3. The number of carbonyl (C=O) groups excluding carboxylic acids is 1. The van der Waals surface area contributed by atoms with Gasteiger partial charge >= 0.3 is 6.03 Å². The van der Waals surface area contributed by atoms with Crippen molar-refractivity contribution in [3.63, 3.8) is 0 Å². The van der Waals surface area contributed by atoms with Crippen LogP contribution in [0, 0.1) is 0 Å². The second-order valence-electron chi connectivity index (χ2n) is 3.14. The van der Waals surface area contributed by atoms with Crippen molar-refractivity contribution in [1.29, 1.82) is 0 Å². The molecule has 0 spiro atoms. The normalized spacial score (nSPS) is 19.8. The Kier molecular flexibility index (Phi) is 3.98. The van der Waals surface area contributed by atoms with E-state index in [2.05, 4.69) is 5.32 Å². The fourth-order valence-corrected chi connectivity index (χ4v) is 1.35. The standard InChI is InChI=1S/C8H16N2O3/c1-13-6-7(11)5-10-4-2-3-9-8(10)12/h7,11H,2-6H2,1H3,(H,9,12). The highest BCUT2D eigenvalue weighted by Crippen LogP contribution is 2.00. The molecule has 0 aromatic rings. The third kappa shape index (κ3) is 3.20. The maximum Gasteiger partial charge on any atom is 0.317 e. The van der Waals surface area contributed by atoms with Crippen LogP contribution in [-0.2, 0) is 4.74 Å². The highest BCUT2D eigenvalue weighted by atomic mass is 16.5. The number of nitrogens with zero attached hydrogens (tertiary/aromatic N) is 1. The molecule has 1 aliphatic heterocycles. The van der Waals surface area contributed by atoms with Crippen molar-refractivity contribution in [1.82, 2.24) is 10.2 Å². The van der Waals surface area contributed by atoms with E-state index in [-0.39, 0.29) is 12.6 Å². The minimum Gasteiger partial charge on any atom is -0.389 e. The van der Waals surface area contributed by atoms with E-state index in [1.807, 2.05) is 0 Å². The number of hydrogen-bond acceptors (Lipinski definition) is 3. The molecule has 1 heterocycles. The van der Waals surface area contributed by atoms with Crippen molar-refractivity contribution in [2.24, 2.45) is 0 Å². The van der Waals surface area contributed by atoms with E-state index in [9.17, 15) is 9.90 Å². The zero-order valence-electron chi connectivity index (χ0n) is 7.82. The Morgan fingerprint density at radius 2 is 2.54 bits per heavy atom. The third-order valence-corrected chi connectivity index (χ3v) is 1.96. The van der Waals surface area contributed by atoms with Crippen molar-refractivity contribution < 1.29 is 14.6 Å². The number of aliphatic hydroxyl groups excluding tert-OH is 1. The largest absolute Gasteiger partial charge is 0.389 e. The number of aliphatic hydroxyl groups is 1. The zero-order valence-corrected chi connectivity index (χ0v) is 7.82. The molecule has 0 aromatic carbocycles. The van der Waals surface area contributed by atoms with Gasteiger partial charge in [-0.15, -0.1) is 0 Å². The number of nitrogens with one attached hydrogen (secondary N) is 1. The van der Waals surface area contributed by atoms with Crippen LogP contribution in [0.1, 0.15) is 6.42 Å². The molecule has 1 rings (SSSR count). The molecule has 0 radical (unpaired) electrons. The lowest BCUT2D eigenvalue weighted by Gasteiger charge is -2.28. The van der Waals surface area contributed by atoms with Crippen LogP contribution < -0.4 is 5.32 Å². The van der Waals surface area contributed by atoms with Crippen LogP contribution in [0.5, 0.6) is 0 Å². The predicted molar refractivity (Wildman–Crippen MR) is 47.5 cm³/mol. The molecule has 0 aromatic heterocycles. The van der Waals surface area contributed by atoms with Crippen LogP contribution in [0.3, 0.4) is 0 Å². The molecule has 76 valence electrons. The SMILES string of the molecule is COCC(O)CN1CCCNC1=O. The summed E-state index contributed by atoms with van der Waals surface area (Å²) in [5.74, 6) is 0. The Balaban J connectivity index is 2.29. The van der Waals surface area contributed by atoms with Gasteiger partial charge in [-0.3, -0.25) is 0 Å². The number of methoxy groups -OCH3 is 1. The quantitative estimate of drug-likeness (QED) is 0.620. The van der Waals surface area contributed by atoms with E-state index in [1.54, 1.807) is 4.90 Å². The van der Waals surface area contributed by atoms with Crippen LogP contribution in [0.2, 0.25) is 0 Å². The van der Waals surface area contributed by atoms with E-state index in [1.165, 1.54) is 7.11 Å². The molecule has 0 aliphatic carbocycles. The first-order valence-electron chi connectivity index (χ1n) is 4.44. The monoisotopic (exact) mass is 188 g/mol. The number of carbonyl (C=O) groups is 1. The summed E-state index contributed by atoms with van der Waals surface area (Å²) < 4.78 is 4.77. The van der Waals surface area contributed by atoms with Gasteiger partial charge in [0.05, 0.1) is 19.3 Å². The fourth-order valence-electron chi connectivity index (χ4n) is 1.35. The lowest BCUT2D eigenvalue weighted by Crippen LogP contribution is -2.49. The maximum atomic E-state index is 11.2. The van der Waals surface area contributed by atoms with Gasteiger partial charge in [-0.05, 0) is 6.42 Å². The molecule has 1 unspecified atom stereocenters. The zero-order chi connectivity index (χ0) is 9.68. The summed E-state index contributed by atoms with van der Waals surface area (Å²) in [5.41, 5.74) is 0. The van der Waals surface area contributed by atoms with Gasteiger partial charge in [0.15, 0.2) is 0 Å². The van der Waals surface area contributed by atoms with Crippen molar-refractivity contribution in [3.05, 3.63) is 0 Å². The average Bonchev–Trinajstić information content (AvgIpc) is 2.09. The molecule has 1 fully saturated rings. The molecular formula is C8H16N2O3. The van der Waals surface area contributed by atoms with Crippen molar-refractivity contribution >= 4 is 6.03 Å². The number of urea groups is 1. The molecule has 13 heavy (non-hydrogen) atoms. The smallest absolute Gasteiger partial charge is 0.317 e. The highest BCUT2D eigenvalue weighted by molar-refractivity contribution is 5.74. The van der Waals surface area contributed by atoms with Gasteiger partial charge in [-0.1, -0.05) is 0 Å². The topological polar surface area (TPSA) is 61.8 Å². The predicted octanol–water partition coefficient (Wildman–Crippen LogP) is -0.591. The summed E-state index contributed by atoms with van der Waals surface area (Å²) in [6, 6.07) is -0.0959. The first kappa shape index (κ1) is 10.3. The maximum absolute atomic E-state index is 11.2. The summed E-state index contributed by atoms with van der Waals surface area (Å²) in [6.07, 6.45) is 0.347. The Bertz CT molecular complexity index is 175. The van der Waals surface area contributed by atoms with E-state index in [4.69, 9.17) is 4.74 Å². The summed E-state index contributed by atoms with van der Waals surface area (Å²) in [5, 5.41) is 12.1. The Morgan fingerprint density at radius 3 is 3.15 bits per heavy atom. The molecule has 0 saturated carbocycles. The number of hydrogen-bond donors (Lipinski definition) is 2. The summed E-state index contributed by atoms with van der Waals surface area (Å²) in [7, 11) is 1.53. The second kappa shape index (κ2) is 5.04. The van der Waals surface area contributed by atoms with Gasteiger partial charge in [-0.25, -0.2) is 4.79 Å². The van der Waals surface area contributed by atoms with Crippen molar-refractivity contribution in [2.75, 3.05) is 33.4 Å². The molecule has 2 amide bonds. The number of rotatable bonds is 4. The number of β-amino-alcohol motifs (C(OH)–C–C–N with tert-alkyl or cyclic N) is 1. The van der Waals surface area contributed by atoms with Crippen LogP contribution in [0.4, 0.5) is 4.79 Å². The van der Waals surface area contributed by atoms with Crippen molar-refractivity contribution in [2.45, 2.75) is 12.5 Å². The molecule has 1 aliphatic rings. The van der Waals surface area contributed by atoms with E-state index < -0.39 is 6.10 Å². The molecule has 5 nitrogen and oxygen atoms in total. The molecule has 1 saturated heterocycles. The summed E-state index contributed by atoms with van der Waals surface area (Å²) in [4.78, 5) is 12.8. The van der Waals surface area contributed by atoms with Crippen LogP contribution in [0.25, 0.3) is 0 Å². The average molecular weight is 188 g/mol. The van der Waals surface area contributed by atoms with Crippen LogP contribution in [-0.4, -0.2) is 55.5 Å². The number of ether oxygens (including phenoxy) is 1.